The standard InChI is InChI=1S/C6H12BrNO3S/c7-5-12(10,11)8-3-1-2-6(8)4-9/h6,9H,1-5H2/t6-/m1/s1. The van der Waals surface area contributed by atoms with Gasteiger partial charge in [-0.15, -0.1) is 0 Å². The minimum absolute atomic E-state index is 0.0590. The van der Waals surface area contributed by atoms with Gasteiger partial charge in [0.05, 0.1) is 6.61 Å². The van der Waals surface area contributed by atoms with Crippen LogP contribution in [-0.2, 0) is 10.0 Å². The maximum Gasteiger partial charge on any atom is 0.224 e. The molecule has 1 atom stereocenters. The molecule has 0 aromatic carbocycles. The lowest BCUT2D eigenvalue weighted by molar-refractivity contribution is 0.214. The predicted molar refractivity (Wildman–Crippen MR) is 49.5 cm³/mol. The molecule has 0 amide bonds. The Kier molecular flexibility index (Phi) is 3.51. The van der Waals surface area contributed by atoms with Crippen molar-refractivity contribution in [3.05, 3.63) is 0 Å². The highest BCUT2D eigenvalue weighted by Gasteiger charge is 2.32. The van der Waals surface area contributed by atoms with Crippen LogP contribution in [0, 0.1) is 0 Å². The number of nitrogens with zero attached hydrogens (tertiary/aromatic N) is 1. The normalized spacial score (nSPS) is 26.3. The van der Waals surface area contributed by atoms with Crippen LogP contribution in [0.2, 0.25) is 0 Å². The van der Waals surface area contributed by atoms with Crippen molar-refractivity contribution < 1.29 is 13.5 Å². The van der Waals surface area contributed by atoms with Crippen molar-refractivity contribution in [2.24, 2.45) is 0 Å². The quantitative estimate of drug-likeness (QED) is 0.732. The summed E-state index contributed by atoms with van der Waals surface area (Å²) in [5.74, 6) is 0. The number of sulfonamides is 1. The molecule has 0 spiro atoms. The lowest BCUT2D eigenvalue weighted by Crippen LogP contribution is -2.37. The van der Waals surface area contributed by atoms with E-state index in [1.165, 1.54) is 4.31 Å². The van der Waals surface area contributed by atoms with E-state index in [9.17, 15) is 8.42 Å². The monoisotopic (exact) mass is 257 g/mol. The Labute approximate surface area is 80.7 Å². The van der Waals surface area contributed by atoms with Gasteiger partial charge in [0.1, 0.15) is 4.66 Å². The Morgan fingerprint density at radius 3 is 2.75 bits per heavy atom. The molecule has 0 bridgehead atoms. The SMILES string of the molecule is O=S(=O)(CBr)N1CCC[C@@H]1CO. The van der Waals surface area contributed by atoms with Gasteiger partial charge in [-0.05, 0) is 12.8 Å². The fraction of sp³-hybridized carbons (Fsp3) is 1.00. The van der Waals surface area contributed by atoms with Crippen molar-refractivity contribution in [1.29, 1.82) is 0 Å². The Bertz CT molecular complexity index is 241. The second-order valence-corrected chi connectivity index (χ2v) is 6.03. The zero-order chi connectivity index (χ0) is 9.19. The van der Waals surface area contributed by atoms with Crippen molar-refractivity contribution >= 4 is 26.0 Å². The molecule has 0 aromatic heterocycles. The molecule has 1 aliphatic rings. The first-order chi connectivity index (χ1) is 5.61. The van der Waals surface area contributed by atoms with Crippen LogP contribution >= 0.6 is 15.9 Å². The van der Waals surface area contributed by atoms with Crippen molar-refractivity contribution in [1.82, 2.24) is 4.31 Å². The average Bonchev–Trinajstić information content (AvgIpc) is 2.52. The van der Waals surface area contributed by atoms with Gasteiger partial charge in [-0.1, -0.05) is 15.9 Å². The van der Waals surface area contributed by atoms with E-state index < -0.39 is 10.0 Å². The molecule has 1 saturated heterocycles. The molecule has 0 unspecified atom stereocenters. The van der Waals surface area contributed by atoms with E-state index in [1.807, 2.05) is 0 Å². The zero-order valence-corrected chi connectivity index (χ0v) is 9.01. The van der Waals surface area contributed by atoms with Crippen LogP contribution in [0.15, 0.2) is 0 Å². The van der Waals surface area contributed by atoms with Gasteiger partial charge >= 0.3 is 0 Å². The van der Waals surface area contributed by atoms with E-state index in [0.29, 0.717) is 6.54 Å². The number of aliphatic hydroxyl groups is 1. The van der Waals surface area contributed by atoms with Gasteiger partial charge in [0, 0.05) is 12.6 Å². The smallest absolute Gasteiger partial charge is 0.224 e. The third-order valence-corrected chi connectivity index (χ3v) is 5.24. The molecule has 1 aliphatic heterocycles. The number of hydrogen-bond donors (Lipinski definition) is 1. The van der Waals surface area contributed by atoms with Crippen LogP contribution in [0.4, 0.5) is 0 Å². The van der Waals surface area contributed by atoms with Gasteiger partial charge in [-0.2, -0.15) is 4.31 Å². The molecule has 6 heteroatoms. The summed E-state index contributed by atoms with van der Waals surface area (Å²) in [5, 5.41) is 8.87. The molecule has 0 aromatic rings. The fourth-order valence-electron chi connectivity index (χ4n) is 1.42. The summed E-state index contributed by atoms with van der Waals surface area (Å²) in [6, 6.07) is -0.201. The third-order valence-electron chi connectivity index (χ3n) is 2.03. The Morgan fingerprint density at radius 1 is 1.58 bits per heavy atom. The minimum atomic E-state index is -3.17. The molecular formula is C6H12BrNO3S. The van der Waals surface area contributed by atoms with Gasteiger partial charge in [0.2, 0.25) is 10.0 Å². The Morgan fingerprint density at radius 2 is 2.25 bits per heavy atom. The van der Waals surface area contributed by atoms with E-state index in [-0.39, 0.29) is 17.3 Å². The maximum absolute atomic E-state index is 11.3. The maximum atomic E-state index is 11.3. The minimum Gasteiger partial charge on any atom is -0.395 e. The summed E-state index contributed by atoms with van der Waals surface area (Å²) in [5.41, 5.74) is 0. The first kappa shape index (κ1) is 10.4. The van der Waals surface area contributed by atoms with Gasteiger partial charge in [-0.3, -0.25) is 0 Å². The number of aliphatic hydroxyl groups excluding tert-OH is 1. The van der Waals surface area contributed by atoms with Gasteiger partial charge < -0.3 is 5.11 Å². The van der Waals surface area contributed by atoms with Crippen LogP contribution in [0.5, 0.6) is 0 Å². The lowest BCUT2D eigenvalue weighted by atomic mass is 10.2. The molecule has 0 radical (unpaired) electrons. The molecule has 1 N–H and O–H groups in total. The Balaban J connectivity index is 2.74. The first-order valence-corrected chi connectivity index (χ1v) is 6.51. The van der Waals surface area contributed by atoms with Crippen molar-refractivity contribution in [2.45, 2.75) is 18.9 Å². The first-order valence-electron chi connectivity index (χ1n) is 3.78. The molecule has 72 valence electrons. The van der Waals surface area contributed by atoms with E-state index >= 15 is 0 Å². The average molecular weight is 258 g/mol. The molecule has 4 nitrogen and oxygen atoms in total. The zero-order valence-electron chi connectivity index (χ0n) is 6.61. The number of halogens is 1. The second kappa shape index (κ2) is 4.04. The number of alkyl halides is 1. The number of hydrogen-bond acceptors (Lipinski definition) is 3. The van der Waals surface area contributed by atoms with E-state index in [2.05, 4.69) is 15.9 Å². The largest absolute Gasteiger partial charge is 0.395 e. The molecular weight excluding hydrogens is 246 g/mol. The van der Waals surface area contributed by atoms with Crippen LogP contribution in [0.3, 0.4) is 0 Å². The molecule has 0 aliphatic carbocycles. The molecule has 1 heterocycles. The summed E-state index contributed by atoms with van der Waals surface area (Å²) < 4.78 is 24.0. The van der Waals surface area contributed by atoms with E-state index in [1.54, 1.807) is 0 Å². The molecule has 12 heavy (non-hydrogen) atoms. The Hall–Kier alpha value is 0.350. The highest BCUT2D eigenvalue weighted by Crippen LogP contribution is 2.21. The summed E-state index contributed by atoms with van der Waals surface area (Å²) >= 11 is 2.93. The van der Waals surface area contributed by atoms with Crippen molar-refractivity contribution in [3.8, 4) is 0 Å². The predicted octanol–water partition coefficient (Wildman–Crippen LogP) is 0.125. The van der Waals surface area contributed by atoms with E-state index in [0.717, 1.165) is 12.8 Å². The van der Waals surface area contributed by atoms with Crippen LogP contribution < -0.4 is 0 Å². The van der Waals surface area contributed by atoms with Gasteiger partial charge in [-0.25, -0.2) is 8.42 Å². The number of rotatable bonds is 3. The molecule has 0 saturated carbocycles. The topological polar surface area (TPSA) is 57.6 Å². The molecule has 1 fully saturated rings. The van der Waals surface area contributed by atoms with Gasteiger partial charge in [0.15, 0.2) is 0 Å². The molecule has 1 rings (SSSR count). The third kappa shape index (κ3) is 1.99. The summed E-state index contributed by atoms with van der Waals surface area (Å²) in [6.45, 7) is 0.464. The lowest BCUT2D eigenvalue weighted by Gasteiger charge is -2.20. The van der Waals surface area contributed by atoms with Crippen LogP contribution in [0.25, 0.3) is 0 Å². The highest BCUT2D eigenvalue weighted by molar-refractivity contribution is 9.10. The van der Waals surface area contributed by atoms with Gasteiger partial charge in [0.25, 0.3) is 0 Å². The summed E-state index contributed by atoms with van der Waals surface area (Å²) in [4.78, 5) is 0. The highest BCUT2D eigenvalue weighted by atomic mass is 79.9. The van der Waals surface area contributed by atoms with Crippen molar-refractivity contribution in [3.63, 3.8) is 0 Å². The van der Waals surface area contributed by atoms with Crippen LogP contribution in [0.1, 0.15) is 12.8 Å². The fourth-order valence-corrected chi connectivity index (χ4v) is 3.37. The van der Waals surface area contributed by atoms with Crippen LogP contribution in [-0.4, -0.2) is 41.7 Å². The summed E-state index contributed by atoms with van der Waals surface area (Å²) in [6.07, 6.45) is 1.61. The second-order valence-electron chi connectivity index (χ2n) is 2.81. The van der Waals surface area contributed by atoms with Crippen molar-refractivity contribution in [2.75, 3.05) is 17.8 Å². The van der Waals surface area contributed by atoms with E-state index in [4.69, 9.17) is 5.11 Å². The summed E-state index contributed by atoms with van der Waals surface area (Å²) in [7, 11) is -3.17.